The van der Waals surface area contributed by atoms with Crippen molar-refractivity contribution in [2.75, 3.05) is 5.32 Å². The van der Waals surface area contributed by atoms with Crippen LogP contribution in [0.5, 0.6) is 0 Å². The first-order valence-corrected chi connectivity index (χ1v) is 6.75. The van der Waals surface area contributed by atoms with Crippen LogP contribution in [-0.4, -0.2) is 11.9 Å². The van der Waals surface area contributed by atoms with Gasteiger partial charge in [0.2, 0.25) is 5.91 Å². The zero-order valence-corrected chi connectivity index (χ0v) is 11.6. The van der Waals surface area contributed by atoms with Crippen molar-refractivity contribution in [1.82, 2.24) is 0 Å². The highest BCUT2D eigenvalue weighted by Crippen LogP contribution is 2.28. The van der Waals surface area contributed by atoms with Gasteiger partial charge in [-0.3, -0.25) is 4.79 Å². The van der Waals surface area contributed by atoms with Crippen LogP contribution in [0.25, 0.3) is 0 Å². The molecule has 3 nitrogen and oxygen atoms in total. The molecule has 3 N–H and O–H groups in total. The smallest absolute Gasteiger partial charge is 0.227 e. The Morgan fingerprint density at radius 1 is 1.47 bits per heavy atom. The van der Waals surface area contributed by atoms with Gasteiger partial charge in [0.15, 0.2) is 0 Å². The number of rotatable bonds is 2. The zero-order valence-electron chi connectivity index (χ0n) is 9.25. The summed E-state index contributed by atoms with van der Waals surface area (Å²) in [5.41, 5.74) is 6.55. The Balaban J connectivity index is 2.00. The molecule has 92 valence electrons. The Bertz CT molecular complexity index is 439. The van der Waals surface area contributed by atoms with Crippen LogP contribution in [0, 0.1) is 5.92 Å². The lowest BCUT2D eigenvalue weighted by Gasteiger charge is -2.11. The fourth-order valence-corrected chi connectivity index (χ4v) is 2.57. The lowest BCUT2D eigenvalue weighted by Crippen LogP contribution is -2.23. The van der Waals surface area contributed by atoms with Gasteiger partial charge in [-0.1, -0.05) is 11.6 Å². The number of halogens is 2. The molecular formula is C12H14BrClN2O. The topological polar surface area (TPSA) is 55.1 Å². The second kappa shape index (κ2) is 5.38. The van der Waals surface area contributed by atoms with Crippen LogP contribution in [0.4, 0.5) is 5.69 Å². The third-order valence-corrected chi connectivity index (χ3v) is 4.25. The summed E-state index contributed by atoms with van der Waals surface area (Å²) >= 11 is 9.21. The van der Waals surface area contributed by atoms with Crippen LogP contribution in [0.1, 0.15) is 19.3 Å². The molecule has 17 heavy (non-hydrogen) atoms. The number of hydrogen-bond acceptors (Lipinski definition) is 2. The average molecular weight is 318 g/mol. The molecule has 0 heterocycles. The van der Waals surface area contributed by atoms with E-state index in [0.717, 1.165) is 29.4 Å². The molecule has 0 spiro atoms. The van der Waals surface area contributed by atoms with Crippen LogP contribution in [0.3, 0.4) is 0 Å². The number of anilines is 1. The minimum Gasteiger partial charge on any atom is -0.328 e. The van der Waals surface area contributed by atoms with Crippen molar-refractivity contribution < 1.29 is 4.79 Å². The lowest BCUT2D eigenvalue weighted by atomic mass is 10.1. The Morgan fingerprint density at radius 2 is 2.24 bits per heavy atom. The van der Waals surface area contributed by atoms with Crippen molar-refractivity contribution in [3.05, 3.63) is 27.7 Å². The SMILES string of the molecule is NC1CCC(C(=O)Nc2ccc(Cl)c(Br)c2)C1. The summed E-state index contributed by atoms with van der Waals surface area (Å²) in [6.07, 6.45) is 2.59. The third kappa shape index (κ3) is 3.21. The maximum Gasteiger partial charge on any atom is 0.227 e. The van der Waals surface area contributed by atoms with E-state index in [0.29, 0.717) is 5.02 Å². The van der Waals surface area contributed by atoms with E-state index in [9.17, 15) is 4.79 Å². The van der Waals surface area contributed by atoms with Gasteiger partial charge < -0.3 is 11.1 Å². The number of hydrogen-bond donors (Lipinski definition) is 2. The van der Waals surface area contributed by atoms with Crippen molar-refractivity contribution in [1.29, 1.82) is 0 Å². The summed E-state index contributed by atoms with van der Waals surface area (Å²) in [6, 6.07) is 5.51. The first kappa shape index (κ1) is 12.9. The van der Waals surface area contributed by atoms with Crippen molar-refractivity contribution in [2.24, 2.45) is 11.7 Å². The Kier molecular flexibility index (Phi) is 4.07. The van der Waals surface area contributed by atoms with Crippen molar-refractivity contribution in [2.45, 2.75) is 25.3 Å². The number of carbonyl (C=O) groups excluding carboxylic acids is 1. The van der Waals surface area contributed by atoms with Gasteiger partial charge in [-0.25, -0.2) is 0 Å². The Hall–Kier alpha value is -0.580. The zero-order chi connectivity index (χ0) is 12.4. The molecule has 2 atom stereocenters. The highest BCUT2D eigenvalue weighted by Gasteiger charge is 2.27. The van der Waals surface area contributed by atoms with E-state index in [1.54, 1.807) is 18.2 Å². The van der Waals surface area contributed by atoms with Gasteiger partial charge in [0.25, 0.3) is 0 Å². The number of carbonyl (C=O) groups is 1. The normalized spacial score (nSPS) is 23.7. The molecule has 0 radical (unpaired) electrons. The van der Waals surface area contributed by atoms with Gasteiger partial charge in [0.05, 0.1) is 5.02 Å². The fourth-order valence-electron chi connectivity index (χ4n) is 2.07. The van der Waals surface area contributed by atoms with Gasteiger partial charge in [-0.15, -0.1) is 0 Å². The second-order valence-corrected chi connectivity index (χ2v) is 5.65. The molecule has 2 unspecified atom stereocenters. The van der Waals surface area contributed by atoms with E-state index in [1.165, 1.54) is 0 Å². The lowest BCUT2D eigenvalue weighted by molar-refractivity contribution is -0.119. The van der Waals surface area contributed by atoms with Crippen molar-refractivity contribution in [3.63, 3.8) is 0 Å². The fraction of sp³-hybridized carbons (Fsp3) is 0.417. The monoisotopic (exact) mass is 316 g/mol. The predicted molar refractivity (Wildman–Crippen MR) is 73.1 cm³/mol. The number of benzene rings is 1. The molecule has 1 saturated carbocycles. The van der Waals surface area contributed by atoms with Gasteiger partial charge in [0, 0.05) is 22.1 Å². The van der Waals surface area contributed by atoms with Crippen LogP contribution in [-0.2, 0) is 4.79 Å². The highest BCUT2D eigenvalue weighted by molar-refractivity contribution is 9.10. The molecular weight excluding hydrogens is 304 g/mol. The van der Waals surface area contributed by atoms with Crippen molar-refractivity contribution in [3.8, 4) is 0 Å². The maximum atomic E-state index is 11.9. The molecule has 0 bridgehead atoms. The number of nitrogens with one attached hydrogen (secondary N) is 1. The summed E-state index contributed by atoms with van der Waals surface area (Å²) in [5.74, 6) is 0.0895. The van der Waals surface area contributed by atoms with E-state index in [1.807, 2.05) is 0 Å². The van der Waals surface area contributed by atoms with Gasteiger partial charge in [-0.2, -0.15) is 0 Å². The first-order chi connectivity index (χ1) is 8.06. The van der Waals surface area contributed by atoms with Gasteiger partial charge in [0.1, 0.15) is 0 Å². The summed E-state index contributed by atoms with van der Waals surface area (Å²) in [6.45, 7) is 0. The average Bonchev–Trinajstić information content (AvgIpc) is 2.70. The van der Waals surface area contributed by atoms with E-state index in [-0.39, 0.29) is 17.9 Å². The van der Waals surface area contributed by atoms with Gasteiger partial charge in [-0.05, 0) is 53.4 Å². The molecule has 5 heteroatoms. The van der Waals surface area contributed by atoms with E-state index in [2.05, 4.69) is 21.2 Å². The summed E-state index contributed by atoms with van der Waals surface area (Å²) < 4.78 is 0.778. The number of nitrogens with two attached hydrogens (primary N) is 1. The summed E-state index contributed by atoms with van der Waals surface area (Å²) in [4.78, 5) is 11.9. The molecule has 1 fully saturated rings. The van der Waals surface area contributed by atoms with E-state index < -0.39 is 0 Å². The van der Waals surface area contributed by atoms with Gasteiger partial charge >= 0.3 is 0 Å². The standard InChI is InChI=1S/C12H14BrClN2O/c13-10-6-9(3-4-11(10)14)16-12(17)7-1-2-8(15)5-7/h3-4,6-8H,1-2,5,15H2,(H,16,17). The van der Waals surface area contributed by atoms with E-state index in [4.69, 9.17) is 17.3 Å². The Morgan fingerprint density at radius 3 is 2.82 bits per heavy atom. The van der Waals surface area contributed by atoms with Crippen LogP contribution in [0.15, 0.2) is 22.7 Å². The van der Waals surface area contributed by atoms with Crippen LogP contribution >= 0.6 is 27.5 Å². The Labute approximate surface area is 114 Å². The predicted octanol–water partition coefficient (Wildman–Crippen LogP) is 3.17. The highest BCUT2D eigenvalue weighted by atomic mass is 79.9. The first-order valence-electron chi connectivity index (χ1n) is 5.58. The van der Waals surface area contributed by atoms with Crippen LogP contribution < -0.4 is 11.1 Å². The molecule has 1 aliphatic rings. The molecule has 0 aliphatic heterocycles. The molecule has 1 aromatic rings. The molecule has 2 rings (SSSR count). The number of amides is 1. The largest absolute Gasteiger partial charge is 0.328 e. The van der Waals surface area contributed by atoms with E-state index >= 15 is 0 Å². The summed E-state index contributed by atoms with van der Waals surface area (Å²) in [7, 11) is 0. The molecule has 1 aromatic carbocycles. The van der Waals surface area contributed by atoms with Crippen molar-refractivity contribution >= 4 is 39.1 Å². The minimum atomic E-state index is 0.0412. The summed E-state index contributed by atoms with van der Waals surface area (Å²) in [5, 5.41) is 3.52. The third-order valence-electron chi connectivity index (χ3n) is 3.03. The quantitative estimate of drug-likeness (QED) is 0.880. The minimum absolute atomic E-state index is 0.0412. The molecule has 0 aromatic heterocycles. The van der Waals surface area contributed by atoms with Crippen LogP contribution in [0.2, 0.25) is 5.02 Å². The molecule has 1 aliphatic carbocycles. The second-order valence-electron chi connectivity index (χ2n) is 4.39. The molecule has 0 saturated heterocycles. The molecule has 1 amide bonds. The maximum absolute atomic E-state index is 11.9.